The average Bonchev–Trinajstić information content (AvgIpc) is 3.68. The molecule has 0 aromatic heterocycles. The van der Waals surface area contributed by atoms with Crippen LogP contribution in [0.5, 0.6) is 5.75 Å². The van der Waals surface area contributed by atoms with Gasteiger partial charge in [-0.15, -0.1) is 0 Å². The van der Waals surface area contributed by atoms with Gasteiger partial charge in [0.2, 0.25) is 0 Å². The molecule has 8 atom stereocenters. The molecule has 0 N–H and O–H groups in total. The van der Waals surface area contributed by atoms with Crippen LogP contribution in [0, 0.1) is 35.5 Å². The van der Waals surface area contributed by atoms with Gasteiger partial charge < -0.3 is 19.4 Å². The van der Waals surface area contributed by atoms with Crippen molar-refractivity contribution in [3.8, 4) is 5.75 Å². The number of hydrogen-bond donors (Lipinski definition) is 0. The maximum absolute atomic E-state index is 14.4. The number of aliphatic carboxylic acids is 1. The smallest absolute Gasteiger partial charge is 0.338 e. The van der Waals surface area contributed by atoms with E-state index in [1.165, 1.54) is 62.1 Å². The van der Waals surface area contributed by atoms with Crippen LogP contribution in [0.1, 0.15) is 67.5 Å². The summed E-state index contributed by atoms with van der Waals surface area (Å²) in [5, 5.41) is 11.1. The lowest BCUT2D eigenvalue weighted by Crippen LogP contribution is -2.48. The van der Waals surface area contributed by atoms with E-state index in [1.807, 2.05) is 0 Å². The molecule has 0 heterocycles. The van der Waals surface area contributed by atoms with Crippen LogP contribution >= 0.6 is 0 Å². The molecular formula is C30H31F2O5-. The SMILES string of the molecule is CCC1(Oc2ccc(C(=O)OC(c3ccccc3)C(F)(F)C(=O)[O-])cc2)CC2CC1C1C3CCC(C3)C21. The molecule has 0 amide bonds. The molecule has 8 unspecified atom stereocenters. The van der Waals surface area contributed by atoms with E-state index < -0.39 is 24.0 Å². The number of hydrogen-bond acceptors (Lipinski definition) is 5. The van der Waals surface area contributed by atoms with Gasteiger partial charge in [0.15, 0.2) is 6.10 Å². The van der Waals surface area contributed by atoms with E-state index >= 15 is 0 Å². The number of carboxylic acid groups (broad SMARTS) is 1. The molecule has 7 heteroatoms. The number of carboxylic acids is 1. The third kappa shape index (κ3) is 3.84. The van der Waals surface area contributed by atoms with E-state index in [9.17, 15) is 23.5 Å². The summed E-state index contributed by atoms with van der Waals surface area (Å²) in [6.45, 7) is 2.19. The lowest BCUT2D eigenvalue weighted by atomic mass is 9.65. The minimum atomic E-state index is -4.40. The highest BCUT2D eigenvalue weighted by Gasteiger charge is 2.67. The number of fused-ring (bicyclic) bond motifs is 9. The lowest BCUT2D eigenvalue weighted by molar-refractivity contribution is -0.336. The molecule has 196 valence electrons. The molecule has 37 heavy (non-hydrogen) atoms. The Morgan fingerprint density at radius 2 is 1.68 bits per heavy atom. The van der Waals surface area contributed by atoms with Crippen LogP contribution in [0.3, 0.4) is 0 Å². The van der Waals surface area contributed by atoms with Crippen molar-refractivity contribution >= 4 is 11.9 Å². The first kappa shape index (κ1) is 24.4. The second kappa shape index (κ2) is 8.81. The predicted molar refractivity (Wildman–Crippen MR) is 129 cm³/mol. The summed E-state index contributed by atoms with van der Waals surface area (Å²) in [7, 11) is 0. The Hall–Kier alpha value is -2.96. The first-order valence-corrected chi connectivity index (χ1v) is 13.4. The minimum Gasteiger partial charge on any atom is -0.544 e. The van der Waals surface area contributed by atoms with E-state index in [4.69, 9.17) is 9.47 Å². The Morgan fingerprint density at radius 3 is 2.32 bits per heavy atom. The van der Waals surface area contributed by atoms with Crippen molar-refractivity contribution in [3.63, 3.8) is 0 Å². The highest BCUT2D eigenvalue weighted by molar-refractivity contribution is 5.90. The fourth-order valence-corrected chi connectivity index (χ4v) is 8.45. The molecule has 2 aromatic carbocycles. The van der Waals surface area contributed by atoms with Crippen molar-refractivity contribution in [1.82, 2.24) is 0 Å². The van der Waals surface area contributed by atoms with Gasteiger partial charge in [-0.2, -0.15) is 8.78 Å². The zero-order valence-corrected chi connectivity index (χ0v) is 20.8. The summed E-state index contributed by atoms with van der Waals surface area (Å²) in [5.74, 6) is -2.71. The van der Waals surface area contributed by atoms with Crippen LogP contribution in [0.15, 0.2) is 54.6 Å². The number of esters is 1. The van der Waals surface area contributed by atoms with Crippen LogP contribution in [0.2, 0.25) is 0 Å². The minimum absolute atomic E-state index is 0.0362. The molecule has 4 aliphatic carbocycles. The van der Waals surface area contributed by atoms with Crippen molar-refractivity contribution < 1.29 is 33.0 Å². The van der Waals surface area contributed by atoms with Crippen molar-refractivity contribution in [3.05, 3.63) is 65.7 Å². The van der Waals surface area contributed by atoms with Crippen molar-refractivity contribution in [2.75, 3.05) is 0 Å². The third-order valence-electron chi connectivity index (χ3n) is 9.83. The highest BCUT2D eigenvalue weighted by atomic mass is 19.3. The van der Waals surface area contributed by atoms with Gasteiger partial charge >= 0.3 is 11.9 Å². The van der Waals surface area contributed by atoms with Crippen LogP contribution in [0.4, 0.5) is 8.78 Å². The molecule has 4 fully saturated rings. The fraction of sp³-hybridized carbons (Fsp3) is 0.533. The molecule has 5 nitrogen and oxygen atoms in total. The molecule has 0 radical (unpaired) electrons. The van der Waals surface area contributed by atoms with Crippen molar-refractivity contribution in [1.29, 1.82) is 0 Å². The molecule has 2 aromatic rings. The van der Waals surface area contributed by atoms with Gasteiger partial charge in [-0.25, -0.2) is 4.79 Å². The first-order chi connectivity index (χ1) is 17.7. The van der Waals surface area contributed by atoms with E-state index in [0.717, 1.165) is 42.4 Å². The van der Waals surface area contributed by atoms with Gasteiger partial charge in [-0.1, -0.05) is 37.3 Å². The van der Waals surface area contributed by atoms with Crippen molar-refractivity contribution in [2.45, 2.75) is 63.1 Å². The monoisotopic (exact) mass is 509 g/mol. The summed E-state index contributed by atoms with van der Waals surface area (Å²) >= 11 is 0. The summed E-state index contributed by atoms with van der Waals surface area (Å²) < 4.78 is 40.5. The third-order valence-corrected chi connectivity index (χ3v) is 9.83. The maximum atomic E-state index is 14.4. The fourth-order valence-electron chi connectivity index (χ4n) is 8.45. The summed E-state index contributed by atoms with van der Waals surface area (Å²) in [4.78, 5) is 23.9. The average molecular weight is 510 g/mol. The zero-order chi connectivity index (χ0) is 25.9. The Bertz CT molecular complexity index is 1180. The second-order valence-electron chi connectivity index (χ2n) is 11.4. The van der Waals surface area contributed by atoms with E-state index in [-0.39, 0.29) is 16.7 Å². The van der Waals surface area contributed by atoms with Crippen LogP contribution in [0.25, 0.3) is 0 Å². The number of ether oxygens (including phenoxy) is 2. The molecule has 4 aliphatic rings. The van der Waals surface area contributed by atoms with Gasteiger partial charge in [0.25, 0.3) is 0 Å². The highest BCUT2D eigenvalue weighted by Crippen LogP contribution is 2.70. The summed E-state index contributed by atoms with van der Waals surface area (Å²) in [6, 6.07) is 13.4. The lowest BCUT2D eigenvalue weighted by Gasteiger charge is -2.46. The number of alkyl halides is 2. The molecular weight excluding hydrogens is 478 g/mol. The number of carbonyl (C=O) groups excluding carboxylic acids is 2. The summed E-state index contributed by atoms with van der Waals surface area (Å²) in [6.07, 6.45) is 5.07. The van der Waals surface area contributed by atoms with Gasteiger partial charge in [-0.05, 0) is 97.9 Å². The standard InChI is InChI=1S/C30H32F2O5/c1-2-29(16-21-15-23(29)25-20-9-8-19(14-20)24(21)25)37-22-12-10-18(11-13-22)27(33)36-26(30(31,32)28(34)35)17-6-4-3-5-7-17/h3-7,10-13,19-21,23-26H,2,8-9,14-16H2,1H3,(H,34,35)/p-1. The van der Waals surface area contributed by atoms with Gasteiger partial charge in [0, 0.05) is 5.92 Å². The van der Waals surface area contributed by atoms with Gasteiger partial charge in [-0.3, -0.25) is 0 Å². The Labute approximate surface area is 215 Å². The topological polar surface area (TPSA) is 75.7 Å². The van der Waals surface area contributed by atoms with Crippen LogP contribution in [-0.4, -0.2) is 23.5 Å². The quantitative estimate of drug-likeness (QED) is 0.361. The molecule has 0 saturated heterocycles. The van der Waals surface area contributed by atoms with Gasteiger partial charge in [0.05, 0.1) is 5.56 Å². The largest absolute Gasteiger partial charge is 0.544 e. The van der Waals surface area contributed by atoms with Gasteiger partial charge in [0.1, 0.15) is 17.3 Å². The number of rotatable bonds is 8. The Balaban J connectivity index is 1.18. The molecule has 0 aliphatic heterocycles. The molecule has 6 rings (SSSR count). The number of halogens is 2. The predicted octanol–water partition coefficient (Wildman–Crippen LogP) is 5.20. The molecule has 4 saturated carbocycles. The number of benzene rings is 2. The first-order valence-electron chi connectivity index (χ1n) is 13.4. The van der Waals surface area contributed by atoms with E-state index in [2.05, 4.69) is 6.92 Å². The molecule has 0 spiro atoms. The van der Waals surface area contributed by atoms with Crippen molar-refractivity contribution in [2.24, 2.45) is 35.5 Å². The summed E-state index contributed by atoms with van der Waals surface area (Å²) in [5.41, 5.74) is -0.299. The van der Waals surface area contributed by atoms with E-state index in [1.54, 1.807) is 18.2 Å². The Kier molecular flexibility index (Phi) is 5.81. The number of carbonyl (C=O) groups is 2. The second-order valence-corrected chi connectivity index (χ2v) is 11.4. The maximum Gasteiger partial charge on any atom is 0.338 e. The zero-order valence-electron chi connectivity index (χ0n) is 20.8. The molecule has 4 bridgehead atoms. The normalized spacial score (nSPS) is 34.2. The van der Waals surface area contributed by atoms with Crippen LogP contribution in [-0.2, 0) is 9.53 Å². The van der Waals surface area contributed by atoms with E-state index in [0.29, 0.717) is 11.7 Å². The van der Waals surface area contributed by atoms with Crippen LogP contribution < -0.4 is 9.84 Å². The Morgan fingerprint density at radius 1 is 1.00 bits per heavy atom.